The summed E-state index contributed by atoms with van der Waals surface area (Å²) in [5.41, 5.74) is 2.04. The van der Waals surface area contributed by atoms with Crippen LogP contribution in [0.1, 0.15) is 18.1 Å². The number of nitrogens with one attached hydrogen (secondary N) is 1. The molecule has 0 saturated carbocycles. The number of rotatable bonds is 5. The Hall–Kier alpha value is -1.83. The Bertz CT molecular complexity index is 644. The molecular formula is C18H23FIN3O. The van der Waals surface area contributed by atoms with Crippen molar-refractivity contribution >= 4 is 29.9 Å². The second-order valence-corrected chi connectivity index (χ2v) is 5.32. The summed E-state index contributed by atoms with van der Waals surface area (Å²) in [4.78, 5) is 6.60. The van der Waals surface area contributed by atoms with E-state index in [1.807, 2.05) is 31.0 Å². The molecule has 2 aromatic rings. The van der Waals surface area contributed by atoms with Crippen LogP contribution < -0.4 is 5.32 Å². The molecule has 0 atom stereocenters. The summed E-state index contributed by atoms with van der Waals surface area (Å²) >= 11 is 0. The fourth-order valence-electron chi connectivity index (χ4n) is 2.18. The summed E-state index contributed by atoms with van der Waals surface area (Å²) in [5.74, 6) is 0.798. The molecule has 0 aliphatic rings. The van der Waals surface area contributed by atoms with E-state index in [-0.39, 0.29) is 35.5 Å². The molecule has 6 heteroatoms. The molecule has 0 bridgehead atoms. The molecule has 0 radical (unpaired) electrons. The van der Waals surface area contributed by atoms with Crippen molar-refractivity contribution < 1.29 is 9.50 Å². The highest BCUT2D eigenvalue weighted by Gasteiger charge is 2.06. The lowest BCUT2D eigenvalue weighted by Gasteiger charge is -2.22. The molecule has 0 aliphatic heterocycles. The minimum absolute atomic E-state index is 0. The highest BCUT2D eigenvalue weighted by molar-refractivity contribution is 14.0. The van der Waals surface area contributed by atoms with Gasteiger partial charge in [-0.3, -0.25) is 0 Å². The van der Waals surface area contributed by atoms with Crippen molar-refractivity contribution in [3.63, 3.8) is 0 Å². The third-order valence-electron chi connectivity index (χ3n) is 3.38. The van der Waals surface area contributed by atoms with E-state index in [1.54, 1.807) is 24.3 Å². The molecule has 2 rings (SSSR count). The van der Waals surface area contributed by atoms with Crippen LogP contribution in [-0.4, -0.2) is 29.6 Å². The number of halogens is 2. The second kappa shape index (κ2) is 10.1. The number of phenolic OH excluding ortho intramolecular Hbond substituents is 1. The highest BCUT2D eigenvalue weighted by Crippen LogP contribution is 2.11. The number of aliphatic imine (C=N–C) groups is 1. The van der Waals surface area contributed by atoms with Crippen molar-refractivity contribution in [3.8, 4) is 5.75 Å². The molecule has 0 aromatic heterocycles. The molecule has 0 saturated heterocycles. The van der Waals surface area contributed by atoms with Gasteiger partial charge in [0, 0.05) is 20.1 Å². The normalized spacial score (nSPS) is 10.9. The van der Waals surface area contributed by atoms with Gasteiger partial charge in [-0.2, -0.15) is 0 Å². The summed E-state index contributed by atoms with van der Waals surface area (Å²) in [6.07, 6.45) is 0. The first-order valence-electron chi connectivity index (χ1n) is 7.60. The molecule has 130 valence electrons. The average molecular weight is 443 g/mol. The molecule has 0 unspecified atom stereocenters. The molecule has 0 aliphatic carbocycles. The quantitative estimate of drug-likeness (QED) is 0.421. The molecule has 2 N–H and O–H groups in total. The zero-order valence-electron chi connectivity index (χ0n) is 13.9. The largest absolute Gasteiger partial charge is 0.508 e. The predicted molar refractivity (Wildman–Crippen MR) is 106 cm³/mol. The Kier molecular flexibility index (Phi) is 8.53. The maximum Gasteiger partial charge on any atom is 0.194 e. The zero-order valence-corrected chi connectivity index (χ0v) is 16.2. The van der Waals surface area contributed by atoms with Gasteiger partial charge in [0.1, 0.15) is 11.6 Å². The Morgan fingerprint density at radius 2 is 1.67 bits per heavy atom. The van der Waals surface area contributed by atoms with Crippen LogP contribution in [0.5, 0.6) is 5.75 Å². The fraction of sp³-hybridized carbons (Fsp3) is 0.278. The van der Waals surface area contributed by atoms with E-state index in [0.717, 1.165) is 23.6 Å². The number of aromatic hydroxyl groups is 1. The van der Waals surface area contributed by atoms with Crippen LogP contribution >= 0.6 is 24.0 Å². The first-order valence-corrected chi connectivity index (χ1v) is 7.60. The zero-order chi connectivity index (χ0) is 16.7. The topological polar surface area (TPSA) is 47.9 Å². The standard InChI is InChI=1S/C18H22FN3O.HI/c1-3-20-18(21-12-14-6-10-17(23)11-7-14)22(2)13-15-4-8-16(19)9-5-15;/h4-11,23H,3,12-13H2,1-2H3,(H,20,21);1H. The van der Waals surface area contributed by atoms with E-state index in [1.165, 1.54) is 12.1 Å². The fourth-order valence-corrected chi connectivity index (χ4v) is 2.18. The number of guanidine groups is 1. The average Bonchev–Trinajstić information content (AvgIpc) is 2.55. The van der Waals surface area contributed by atoms with Gasteiger partial charge in [0.2, 0.25) is 0 Å². The lowest BCUT2D eigenvalue weighted by Crippen LogP contribution is -2.38. The van der Waals surface area contributed by atoms with Crippen LogP contribution in [0.3, 0.4) is 0 Å². The minimum Gasteiger partial charge on any atom is -0.508 e. The first-order chi connectivity index (χ1) is 11.1. The maximum atomic E-state index is 13.0. The Balaban J connectivity index is 0.00000288. The van der Waals surface area contributed by atoms with Crippen LogP contribution in [0.15, 0.2) is 53.5 Å². The van der Waals surface area contributed by atoms with E-state index < -0.39 is 0 Å². The van der Waals surface area contributed by atoms with E-state index in [9.17, 15) is 9.50 Å². The van der Waals surface area contributed by atoms with Gasteiger partial charge >= 0.3 is 0 Å². The second-order valence-electron chi connectivity index (χ2n) is 5.32. The van der Waals surface area contributed by atoms with Crippen molar-refractivity contribution in [1.82, 2.24) is 10.2 Å². The molecule has 2 aromatic carbocycles. The molecule has 0 amide bonds. The van der Waals surface area contributed by atoms with Crippen LogP contribution in [0, 0.1) is 5.82 Å². The third kappa shape index (κ3) is 6.35. The lowest BCUT2D eigenvalue weighted by molar-refractivity contribution is 0.474. The molecule has 4 nitrogen and oxygen atoms in total. The summed E-state index contributed by atoms with van der Waals surface area (Å²) in [6, 6.07) is 13.5. The number of nitrogens with zero attached hydrogens (tertiary/aromatic N) is 2. The lowest BCUT2D eigenvalue weighted by atomic mass is 10.2. The van der Waals surface area contributed by atoms with E-state index >= 15 is 0 Å². The van der Waals surface area contributed by atoms with Gasteiger partial charge in [0.05, 0.1) is 6.54 Å². The Morgan fingerprint density at radius 3 is 2.25 bits per heavy atom. The van der Waals surface area contributed by atoms with Gasteiger partial charge in [-0.1, -0.05) is 24.3 Å². The molecular weight excluding hydrogens is 420 g/mol. The van der Waals surface area contributed by atoms with Gasteiger partial charge in [-0.15, -0.1) is 24.0 Å². The smallest absolute Gasteiger partial charge is 0.194 e. The van der Waals surface area contributed by atoms with Gasteiger partial charge in [-0.05, 0) is 42.3 Å². The van der Waals surface area contributed by atoms with Crippen molar-refractivity contribution in [2.75, 3.05) is 13.6 Å². The minimum atomic E-state index is -0.232. The van der Waals surface area contributed by atoms with E-state index in [2.05, 4.69) is 10.3 Å². The summed E-state index contributed by atoms with van der Waals surface area (Å²) < 4.78 is 13.0. The van der Waals surface area contributed by atoms with E-state index in [0.29, 0.717) is 13.1 Å². The number of hydrogen-bond donors (Lipinski definition) is 2. The monoisotopic (exact) mass is 443 g/mol. The molecule has 0 fully saturated rings. The number of phenols is 1. The van der Waals surface area contributed by atoms with Gasteiger partial charge in [-0.25, -0.2) is 9.38 Å². The third-order valence-corrected chi connectivity index (χ3v) is 3.38. The van der Waals surface area contributed by atoms with E-state index in [4.69, 9.17) is 0 Å². The first kappa shape index (κ1) is 20.2. The van der Waals surface area contributed by atoms with Crippen molar-refractivity contribution in [3.05, 3.63) is 65.5 Å². The van der Waals surface area contributed by atoms with Crippen LogP contribution in [-0.2, 0) is 13.1 Å². The predicted octanol–water partition coefficient (Wildman–Crippen LogP) is 3.75. The van der Waals surface area contributed by atoms with Gasteiger partial charge in [0.25, 0.3) is 0 Å². The van der Waals surface area contributed by atoms with Crippen molar-refractivity contribution in [2.24, 2.45) is 4.99 Å². The van der Waals surface area contributed by atoms with Crippen LogP contribution in [0.2, 0.25) is 0 Å². The number of hydrogen-bond acceptors (Lipinski definition) is 2. The Morgan fingerprint density at radius 1 is 1.08 bits per heavy atom. The molecule has 0 spiro atoms. The number of benzene rings is 2. The summed E-state index contributed by atoms with van der Waals surface area (Å²) in [7, 11) is 1.95. The maximum absolute atomic E-state index is 13.0. The van der Waals surface area contributed by atoms with Gasteiger partial charge < -0.3 is 15.3 Å². The van der Waals surface area contributed by atoms with Crippen molar-refractivity contribution in [2.45, 2.75) is 20.0 Å². The highest BCUT2D eigenvalue weighted by atomic mass is 127. The van der Waals surface area contributed by atoms with Gasteiger partial charge in [0.15, 0.2) is 5.96 Å². The van der Waals surface area contributed by atoms with Crippen molar-refractivity contribution in [1.29, 1.82) is 0 Å². The SMILES string of the molecule is CCNC(=NCc1ccc(O)cc1)N(C)Cc1ccc(F)cc1.I. The summed E-state index contributed by atoms with van der Waals surface area (Å²) in [5, 5.41) is 12.6. The Labute approximate surface area is 159 Å². The molecule has 24 heavy (non-hydrogen) atoms. The molecule has 0 heterocycles. The summed E-state index contributed by atoms with van der Waals surface area (Å²) in [6.45, 7) is 3.95. The van der Waals surface area contributed by atoms with Crippen LogP contribution in [0.25, 0.3) is 0 Å². The van der Waals surface area contributed by atoms with Crippen LogP contribution in [0.4, 0.5) is 4.39 Å².